The summed E-state index contributed by atoms with van der Waals surface area (Å²) in [5, 5.41) is 0.932. The van der Waals surface area contributed by atoms with Gasteiger partial charge in [-0.05, 0) is 54.3 Å². The maximum atomic E-state index is 12.0. The molecule has 0 radical (unpaired) electrons. The predicted molar refractivity (Wildman–Crippen MR) is 88.0 cm³/mol. The van der Waals surface area contributed by atoms with Crippen molar-refractivity contribution in [3.8, 4) is 0 Å². The molecule has 2 rings (SSSR count). The van der Waals surface area contributed by atoms with Gasteiger partial charge in [0.1, 0.15) is 0 Å². The highest BCUT2D eigenvalue weighted by Gasteiger charge is 2.04. The second-order valence-electron chi connectivity index (χ2n) is 4.07. The van der Waals surface area contributed by atoms with Crippen molar-refractivity contribution in [2.24, 2.45) is 0 Å². The van der Waals surface area contributed by atoms with E-state index in [9.17, 15) is 4.79 Å². The molecule has 0 aliphatic heterocycles. The lowest BCUT2D eigenvalue weighted by Gasteiger charge is -2.01. The number of halogens is 2. The van der Waals surface area contributed by atoms with Gasteiger partial charge in [0, 0.05) is 10.5 Å². The van der Waals surface area contributed by atoms with Crippen LogP contribution in [0.2, 0.25) is 10.0 Å². The van der Waals surface area contributed by atoms with Crippen molar-refractivity contribution in [3.05, 3.63) is 69.7 Å². The van der Waals surface area contributed by atoms with Crippen molar-refractivity contribution in [1.29, 1.82) is 0 Å². The Balaban J connectivity index is 2.18. The molecule has 20 heavy (non-hydrogen) atoms. The monoisotopic (exact) mass is 322 g/mol. The molecule has 0 aliphatic carbocycles. The largest absolute Gasteiger partial charge is 0.289 e. The van der Waals surface area contributed by atoms with E-state index in [1.54, 1.807) is 30.0 Å². The quantitative estimate of drug-likeness (QED) is 0.413. The highest BCUT2D eigenvalue weighted by molar-refractivity contribution is 7.98. The fraction of sp³-hybridized carbons (Fsp3) is 0.0625. The summed E-state index contributed by atoms with van der Waals surface area (Å²) in [5.41, 5.74) is 1.38. The van der Waals surface area contributed by atoms with Crippen LogP contribution in [-0.4, -0.2) is 12.0 Å². The molecule has 0 N–H and O–H groups in total. The van der Waals surface area contributed by atoms with Crippen LogP contribution < -0.4 is 0 Å². The fourth-order valence-corrected chi connectivity index (χ4v) is 2.45. The molecule has 0 bridgehead atoms. The van der Waals surface area contributed by atoms with Gasteiger partial charge in [0.2, 0.25) is 0 Å². The van der Waals surface area contributed by atoms with Gasteiger partial charge in [-0.15, -0.1) is 11.8 Å². The van der Waals surface area contributed by atoms with Gasteiger partial charge in [0.25, 0.3) is 0 Å². The second kappa shape index (κ2) is 6.98. The fourth-order valence-electron chi connectivity index (χ4n) is 1.67. The van der Waals surface area contributed by atoms with E-state index in [-0.39, 0.29) is 5.78 Å². The van der Waals surface area contributed by atoms with Crippen LogP contribution in [-0.2, 0) is 0 Å². The topological polar surface area (TPSA) is 17.1 Å². The zero-order valence-corrected chi connectivity index (χ0v) is 13.1. The molecular formula is C16H12Cl2OS. The number of ketones is 1. The van der Waals surface area contributed by atoms with Crippen LogP contribution in [0.25, 0.3) is 6.08 Å². The van der Waals surface area contributed by atoms with Crippen molar-refractivity contribution in [2.45, 2.75) is 4.90 Å². The van der Waals surface area contributed by atoms with E-state index in [1.165, 1.54) is 6.08 Å². The van der Waals surface area contributed by atoms with Crippen LogP contribution in [0.4, 0.5) is 0 Å². The summed E-state index contributed by atoms with van der Waals surface area (Å²) in [4.78, 5) is 13.2. The van der Waals surface area contributed by atoms with Gasteiger partial charge >= 0.3 is 0 Å². The Kier molecular flexibility index (Phi) is 5.30. The summed E-state index contributed by atoms with van der Waals surface area (Å²) >= 11 is 13.6. The van der Waals surface area contributed by atoms with E-state index >= 15 is 0 Å². The lowest BCUT2D eigenvalue weighted by Crippen LogP contribution is -1.93. The summed E-state index contributed by atoms with van der Waals surface area (Å²) < 4.78 is 0. The SMILES string of the molecule is CSc1ccc(C(=O)/C=C/c2cccc(Cl)c2Cl)cc1. The highest BCUT2D eigenvalue weighted by atomic mass is 35.5. The molecule has 0 fully saturated rings. The molecule has 0 aromatic heterocycles. The molecule has 0 saturated carbocycles. The Morgan fingerprint density at radius 1 is 1.10 bits per heavy atom. The van der Waals surface area contributed by atoms with E-state index in [1.807, 2.05) is 36.6 Å². The Morgan fingerprint density at radius 2 is 1.80 bits per heavy atom. The average Bonchev–Trinajstić information content (AvgIpc) is 2.48. The van der Waals surface area contributed by atoms with Crippen LogP contribution in [0.3, 0.4) is 0 Å². The number of benzene rings is 2. The van der Waals surface area contributed by atoms with Crippen LogP contribution in [0, 0.1) is 0 Å². The smallest absolute Gasteiger partial charge is 0.185 e. The van der Waals surface area contributed by atoms with Crippen molar-refractivity contribution in [1.82, 2.24) is 0 Å². The van der Waals surface area contributed by atoms with Gasteiger partial charge < -0.3 is 0 Å². The van der Waals surface area contributed by atoms with Crippen molar-refractivity contribution < 1.29 is 4.79 Å². The third kappa shape index (κ3) is 3.66. The molecule has 0 spiro atoms. The first kappa shape index (κ1) is 15.2. The average molecular weight is 323 g/mol. The summed E-state index contributed by atoms with van der Waals surface area (Å²) in [7, 11) is 0. The van der Waals surface area contributed by atoms with Crippen LogP contribution in [0.15, 0.2) is 53.4 Å². The number of thioether (sulfide) groups is 1. The van der Waals surface area contributed by atoms with E-state index in [0.29, 0.717) is 15.6 Å². The van der Waals surface area contributed by atoms with Gasteiger partial charge in [-0.3, -0.25) is 4.79 Å². The zero-order valence-electron chi connectivity index (χ0n) is 10.8. The van der Waals surface area contributed by atoms with Gasteiger partial charge in [-0.2, -0.15) is 0 Å². The standard InChI is InChI=1S/C16H12Cl2OS/c1-20-13-8-5-11(6-9-13)15(19)10-7-12-3-2-4-14(17)16(12)18/h2-10H,1H3/b10-7+. The number of hydrogen-bond donors (Lipinski definition) is 0. The van der Waals surface area contributed by atoms with Crippen LogP contribution >= 0.6 is 35.0 Å². The minimum atomic E-state index is -0.0614. The molecule has 2 aromatic rings. The molecule has 4 heteroatoms. The van der Waals surface area contributed by atoms with E-state index in [4.69, 9.17) is 23.2 Å². The summed E-state index contributed by atoms with van der Waals surface area (Å²) in [6, 6.07) is 12.8. The van der Waals surface area contributed by atoms with E-state index < -0.39 is 0 Å². The normalized spacial score (nSPS) is 10.9. The highest BCUT2D eigenvalue weighted by Crippen LogP contribution is 2.26. The van der Waals surface area contributed by atoms with Crippen molar-refractivity contribution in [2.75, 3.05) is 6.26 Å². The van der Waals surface area contributed by atoms with Crippen molar-refractivity contribution in [3.63, 3.8) is 0 Å². The first-order chi connectivity index (χ1) is 9.61. The first-order valence-electron chi connectivity index (χ1n) is 5.92. The molecular weight excluding hydrogens is 311 g/mol. The molecule has 0 aliphatic rings. The van der Waals surface area contributed by atoms with E-state index in [2.05, 4.69) is 0 Å². The summed E-state index contributed by atoms with van der Waals surface area (Å²) in [6.07, 6.45) is 5.18. The van der Waals surface area contributed by atoms with Gasteiger partial charge in [0.05, 0.1) is 10.0 Å². The van der Waals surface area contributed by atoms with Gasteiger partial charge in [-0.25, -0.2) is 0 Å². The minimum Gasteiger partial charge on any atom is -0.289 e. The first-order valence-corrected chi connectivity index (χ1v) is 7.90. The lowest BCUT2D eigenvalue weighted by atomic mass is 10.1. The number of carbonyl (C=O) groups excluding carboxylic acids is 1. The summed E-state index contributed by atoms with van der Waals surface area (Å²) in [6.45, 7) is 0. The van der Waals surface area contributed by atoms with Gasteiger partial charge in [0.15, 0.2) is 5.78 Å². The van der Waals surface area contributed by atoms with Crippen LogP contribution in [0.1, 0.15) is 15.9 Å². The Bertz CT molecular complexity index is 648. The zero-order chi connectivity index (χ0) is 14.5. The lowest BCUT2D eigenvalue weighted by molar-refractivity contribution is 0.104. The maximum absolute atomic E-state index is 12.0. The molecule has 0 heterocycles. The maximum Gasteiger partial charge on any atom is 0.185 e. The second-order valence-corrected chi connectivity index (χ2v) is 5.73. The minimum absolute atomic E-state index is 0.0614. The number of rotatable bonds is 4. The molecule has 1 nitrogen and oxygen atoms in total. The Morgan fingerprint density at radius 3 is 2.45 bits per heavy atom. The Labute approximate surface area is 132 Å². The summed E-state index contributed by atoms with van der Waals surface area (Å²) in [5.74, 6) is -0.0614. The molecule has 0 atom stereocenters. The molecule has 0 saturated heterocycles. The van der Waals surface area contributed by atoms with Crippen LogP contribution in [0.5, 0.6) is 0 Å². The van der Waals surface area contributed by atoms with Gasteiger partial charge in [-0.1, -0.05) is 35.3 Å². The van der Waals surface area contributed by atoms with Crippen molar-refractivity contribution >= 4 is 46.8 Å². The molecule has 0 amide bonds. The molecule has 102 valence electrons. The number of allylic oxidation sites excluding steroid dienone is 1. The molecule has 0 unspecified atom stereocenters. The van der Waals surface area contributed by atoms with E-state index in [0.717, 1.165) is 10.5 Å². The number of hydrogen-bond acceptors (Lipinski definition) is 2. The molecule has 2 aromatic carbocycles. The third-order valence-corrected chi connectivity index (χ3v) is 4.35. The Hall–Kier alpha value is -1.22. The number of carbonyl (C=O) groups is 1. The predicted octanol–water partition coefficient (Wildman–Crippen LogP) is 5.61. The third-order valence-electron chi connectivity index (χ3n) is 2.77.